The summed E-state index contributed by atoms with van der Waals surface area (Å²) in [6.45, 7) is 7.77. The van der Waals surface area contributed by atoms with Gasteiger partial charge in [-0.05, 0) is 12.0 Å². The first-order valence-electron chi connectivity index (χ1n) is 7.49. The summed E-state index contributed by atoms with van der Waals surface area (Å²) in [7, 11) is 0. The molecule has 21 heavy (non-hydrogen) atoms. The second-order valence-corrected chi connectivity index (χ2v) is 5.84. The summed E-state index contributed by atoms with van der Waals surface area (Å²) in [5.74, 6) is 0.432. The van der Waals surface area contributed by atoms with E-state index < -0.39 is 0 Å². The molecule has 5 nitrogen and oxygen atoms in total. The molecule has 0 N–H and O–H groups in total. The molecule has 0 aromatic heterocycles. The fourth-order valence-electron chi connectivity index (χ4n) is 2.70. The maximum Gasteiger partial charge on any atom is 0.279 e. The molecule has 2 aliphatic heterocycles. The van der Waals surface area contributed by atoms with E-state index in [1.807, 2.05) is 34.2 Å². The van der Waals surface area contributed by atoms with E-state index in [1.165, 1.54) is 0 Å². The Bertz CT molecular complexity index is 562. The Kier molecular flexibility index (Phi) is 3.92. The van der Waals surface area contributed by atoms with Crippen molar-refractivity contribution in [2.24, 2.45) is 11.0 Å². The molecule has 0 atom stereocenters. The zero-order chi connectivity index (χ0) is 14.8. The predicted molar refractivity (Wildman–Crippen MR) is 82.6 cm³/mol. The van der Waals surface area contributed by atoms with Gasteiger partial charge in [0, 0.05) is 12.1 Å². The third kappa shape index (κ3) is 2.78. The zero-order valence-corrected chi connectivity index (χ0v) is 12.6. The number of anilines is 1. The largest absolute Gasteiger partial charge is 0.378 e. The molecule has 1 amide bonds. The summed E-state index contributed by atoms with van der Waals surface area (Å²) in [6.07, 6.45) is 0. The van der Waals surface area contributed by atoms with Gasteiger partial charge < -0.3 is 9.64 Å². The average molecular weight is 287 g/mol. The average Bonchev–Trinajstić information content (AvgIpc) is 2.74. The predicted octanol–water partition coefficient (Wildman–Crippen LogP) is 1.73. The number of nitrogens with zero attached hydrogens (tertiary/aromatic N) is 3. The first-order valence-corrected chi connectivity index (χ1v) is 7.49. The number of benzene rings is 1. The lowest BCUT2D eigenvalue weighted by atomic mass is 10.1. The lowest BCUT2D eigenvalue weighted by Crippen LogP contribution is -2.37. The molecule has 5 heteroatoms. The van der Waals surface area contributed by atoms with Crippen LogP contribution in [0.5, 0.6) is 0 Å². The van der Waals surface area contributed by atoms with E-state index in [1.54, 1.807) is 0 Å². The number of carbonyl (C=O) groups excluding carboxylic acids is 1. The molecular weight excluding hydrogens is 266 g/mol. The maximum absolute atomic E-state index is 12.7. The number of hydrazone groups is 1. The number of fused-ring (bicyclic) bond motifs is 1. The number of ether oxygens (including phenoxy) is 1. The maximum atomic E-state index is 12.7. The monoisotopic (exact) mass is 287 g/mol. The molecule has 1 saturated heterocycles. The van der Waals surface area contributed by atoms with Gasteiger partial charge in [0.25, 0.3) is 5.91 Å². The van der Waals surface area contributed by atoms with Crippen LogP contribution in [0.25, 0.3) is 0 Å². The molecule has 112 valence electrons. The van der Waals surface area contributed by atoms with Gasteiger partial charge in [0.2, 0.25) is 0 Å². The number of para-hydroxylation sites is 1. The molecule has 1 aromatic rings. The van der Waals surface area contributed by atoms with Gasteiger partial charge in [-0.15, -0.1) is 0 Å². The van der Waals surface area contributed by atoms with Gasteiger partial charge >= 0.3 is 0 Å². The Morgan fingerprint density at radius 3 is 2.67 bits per heavy atom. The number of carbonyl (C=O) groups is 1. The van der Waals surface area contributed by atoms with Gasteiger partial charge in [0.1, 0.15) is 0 Å². The first-order chi connectivity index (χ1) is 10.2. The Hall–Kier alpha value is -1.88. The second-order valence-electron chi connectivity index (χ2n) is 5.84. The van der Waals surface area contributed by atoms with Crippen molar-refractivity contribution in [1.82, 2.24) is 5.01 Å². The summed E-state index contributed by atoms with van der Waals surface area (Å²) >= 11 is 0. The van der Waals surface area contributed by atoms with Crippen LogP contribution in [0.3, 0.4) is 0 Å². The van der Waals surface area contributed by atoms with Crippen LogP contribution in [0.2, 0.25) is 0 Å². The Labute approximate surface area is 125 Å². The van der Waals surface area contributed by atoms with Crippen LogP contribution in [0.15, 0.2) is 29.4 Å². The molecule has 0 radical (unpaired) electrons. The van der Waals surface area contributed by atoms with Crippen molar-refractivity contribution in [3.63, 3.8) is 0 Å². The Balaban J connectivity index is 1.94. The molecule has 2 aliphatic rings. The van der Waals surface area contributed by atoms with Gasteiger partial charge in [-0.3, -0.25) is 9.80 Å². The highest BCUT2D eigenvalue weighted by molar-refractivity contribution is 6.54. The summed E-state index contributed by atoms with van der Waals surface area (Å²) < 4.78 is 5.33. The Morgan fingerprint density at radius 2 is 1.95 bits per heavy atom. The zero-order valence-electron chi connectivity index (χ0n) is 12.6. The van der Waals surface area contributed by atoms with Crippen molar-refractivity contribution in [1.29, 1.82) is 0 Å². The normalized spacial score (nSPS) is 20.5. The number of amides is 1. The standard InChI is InChI=1S/C16H21N3O2/c1-12(2)11-19-14-6-4-3-5-13(14)15(16(19)20)17-18-7-9-21-10-8-18/h3-6,12H,7-11H2,1-2H3. The van der Waals surface area contributed by atoms with Crippen molar-refractivity contribution < 1.29 is 9.53 Å². The molecular formula is C16H21N3O2. The molecule has 0 bridgehead atoms. The third-order valence-electron chi connectivity index (χ3n) is 3.67. The molecule has 0 saturated carbocycles. The van der Waals surface area contributed by atoms with Crippen molar-refractivity contribution >= 4 is 17.3 Å². The van der Waals surface area contributed by atoms with E-state index in [0.717, 1.165) is 30.9 Å². The summed E-state index contributed by atoms with van der Waals surface area (Å²) in [4.78, 5) is 14.6. The molecule has 2 heterocycles. The van der Waals surface area contributed by atoms with Gasteiger partial charge in [0.05, 0.1) is 32.0 Å². The number of rotatable bonds is 3. The fourth-order valence-corrected chi connectivity index (χ4v) is 2.70. The molecule has 1 aromatic carbocycles. The van der Waals surface area contributed by atoms with E-state index in [4.69, 9.17) is 4.74 Å². The molecule has 3 rings (SSSR count). The quantitative estimate of drug-likeness (QED) is 0.850. The van der Waals surface area contributed by atoms with Crippen LogP contribution < -0.4 is 4.90 Å². The second kappa shape index (κ2) is 5.85. The van der Waals surface area contributed by atoms with Crippen LogP contribution in [0, 0.1) is 5.92 Å². The van der Waals surface area contributed by atoms with E-state index >= 15 is 0 Å². The SMILES string of the molecule is CC(C)CN1C(=O)C(=NN2CCOCC2)c2ccccc21. The highest BCUT2D eigenvalue weighted by Crippen LogP contribution is 2.30. The van der Waals surface area contributed by atoms with E-state index in [-0.39, 0.29) is 5.91 Å². The van der Waals surface area contributed by atoms with E-state index in [0.29, 0.717) is 24.8 Å². The third-order valence-corrected chi connectivity index (χ3v) is 3.67. The van der Waals surface area contributed by atoms with Gasteiger partial charge in [-0.25, -0.2) is 0 Å². The van der Waals surface area contributed by atoms with Crippen molar-refractivity contribution in [2.75, 3.05) is 37.7 Å². The van der Waals surface area contributed by atoms with Gasteiger partial charge in [-0.2, -0.15) is 5.10 Å². The van der Waals surface area contributed by atoms with E-state index in [9.17, 15) is 4.79 Å². The van der Waals surface area contributed by atoms with E-state index in [2.05, 4.69) is 18.9 Å². The van der Waals surface area contributed by atoms with Crippen molar-refractivity contribution in [2.45, 2.75) is 13.8 Å². The molecule has 0 spiro atoms. The smallest absolute Gasteiger partial charge is 0.279 e. The van der Waals surface area contributed by atoms with Gasteiger partial charge in [0.15, 0.2) is 5.71 Å². The van der Waals surface area contributed by atoms with Crippen LogP contribution in [0.4, 0.5) is 5.69 Å². The first kappa shape index (κ1) is 14.1. The molecule has 0 unspecified atom stereocenters. The molecule has 0 aliphatic carbocycles. The van der Waals surface area contributed by atoms with Crippen LogP contribution >= 0.6 is 0 Å². The minimum Gasteiger partial charge on any atom is -0.378 e. The lowest BCUT2D eigenvalue weighted by Gasteiger charge is -2.24. The number of hydrogen-bond donors (Lipinski definition) is 0. The summed E-state index contributed by atoms with van der Waals surface area (Å²) in [6, 6.07) is 7.90. The fraction of sp³-hybridized carbons (Fsp3) is 0.500. The summed E-state index contributed by atoms with van der Waals surface area (Å²) in [5.41, 5.74) is 2.48. The van der Waals surface area contributed by atoms with Crippen molar-refractivity contribution in [3.05, 3.63) is 29.8 Å². The number of morpholine rings is 1. The highest BCUT2D eigenvalue weighted by Gasteiger charge is 2.34. The van der Waals surface area contributed by atoms with Crippen molar-refractivity contribution in [3.8, 4) is 0 Å². The highest BCUT2D eigenvalue weighted by atomic mass is 16.5. The minimum atomic E-state index is 0.0105. The minimum absolute atomic E-state index is 0.0105. The lowest BCUT2D eigenvalue weighted by molar-refractivity contribution is -0.112. The van der Waals surface area contributed by atoms with Crippen LogP contribution in [-0.2, 0) is 9.53 Å². The Morgan fingerprint density at radius 1 is 1.24 bits per heavy atom. The number of hydrogen-bond acceptors (Lipinski definition) is 4. The topological polar surface area (TPSA) is 45.1 Å². The molecule has 1 fully saturated rings. The van der Waals surface area contributed by atoms with Gasteiger partial charge in [-0.1, -0.05) is 32.0 Å². The van der Waals surface area contributed by atoms with Crippen LogP contribution in [0.1, 0.15) is 19.4 Å². The summed E-state index contributed by atoms with van der Waals surface area (Å²) in [5, 5.41) is 6.53. The van der Waals surface area contributed by atoms with Crippen LogP contribution in [-0.4, -0.2) is 49.5 Å².